The van der Waals surface area contributed by atoms with Crippen molar-refractivity contribution < 1.29 is 24.8 Å². The van der Waals surface area contributed by atoms with Gasteiger partial charge in [0.2, 0.25) is 0 Å². The molecule has 3 N–H and O–H groups in total. The summed E-state index contributed by atoms with van der Waals surface area (Å²) in [6.45, 7) is 3.06. The summed E-state index contributed by atoms with van der Waals surface area (Å²) >= 11 is 0. The van der Waals surface area contributed by atoms with Gasteiger partial charge in [0.1, 0.15) is 24.4 Å². The summed E-state index contributed by atoms with van der Waals surface area (Å²) in [6.07, 6.45) is 19.1. The fourth-order valence-corrected chi connectivity index (χ4v) is 3.72. The number of aliphatic hydroxyl groups excluding tert-OH is 3. The Morgan fingerprint density at radius 1 is 0.862 bits per heavy atom. The van der Waals surface area contributed by atoms with Gasteiger partial charge in [0, 0.05) is 6.61 Å². The molecule has 1 rings (SSSR count). The van der Waals surface area contributed by atoms with E-state index in [9.17, 15) is 15.3 Å². The van der Waals surface area contributed by atoms with Crippen LogP contribution in [0.4, 0.5) is 0 Å². The molecule has 0 radical (unpaired) electrons. The highest BCUT2D eigenvalue weighted by Crippen LogP contribution is 2.18. The minimum absolute atomic E-state index is 0.0691. The summed E-state index contributed by atoms with van der Waals surface area (Å²) in [7, 11) is 0. The molecule has 0 aromatic carbocycles. The summed E-state index contributed by atoms with van der Waals surface area (Å²) < 4.78 is 10.7. The first-order valence-corrected chi connectivity index (χ1v) is 12.0. The summed E-state index contributed by atoms with van der Waals surface area (Å²) in [5, 5.41) is 29.0. The van der Waals surface area contributed by atoms with Crippen LogP contribution in [0.2, 0.25) is 0 Å². The van der Waals surface area contributed by atoms with E-state index in [1.165, 1.54) is 77.0 Å². The van der Waals surface area contributed by atoms with Gasteiger partial charge in [0.05, 0.1) is 13.2 Å². The van der Waals surface area contributed by atoms with Crippen LogP contribution in [0.15, 0.2) is 12.2 Å². The highest BCUT2D eigenvalue weighted by molar-refractivity contribution is 4.87. The van der Waals surface area contributed by atoms with Crippen LogP contribution in [-0.2, 0) is 9.47 Å². The minimum Gasteiger partial charge on any atom is -0.388 e. The normalized spacial score (nSPS) is 23.2. The monoisotopic (exact) mass is 414 g/mol. The molecule has 0 bridgehead atoms. The van der Waals surface area contributed by atoms with Crippen molar-refractivity contribution in [3.8, 4) is 0 Å². The van der Waals surface area contributed by atoms with Crippen LogP contribution in [0, 0.1) is 0 Å². The van der Waals surface area contributed by atoms with E-state index in [1.807, 2.05) is 0 Å². The summed E-state index contributed by atoms with van der Waals surface area (Å²) in [6, 6.07) is 0. The number of hydrogen-bond acceptors (Lipinski definition) is 5. The Hall–Kier alpha value is -0.460. The fourth-order valence-electron chi connectivity index (χ4n) is 3.72. The van der Waals surface area contributed by atoms with Gasteiger partial charge in [-0.2, -0.15) is 0 Å². The number of rotatable bonds is 19. The third-order valence-electron chi connectivity index (χ3n) is 5.64. The molecule has 0 aliphatic carbocycles. The van der Waals surface area contributed by atoms with Gasteiger partial charge in [-0.3, -0.25) is 0 Å². The Kier molecular flexibility index (Phi) is 16.8. The molecule has 29 heavy (non-hydrogen) atoms. The predicted molar refractivity (Wildman–Crippen MR) is 118 cm³/mol. The standard InChI is InChI=1S/C24H46O5/c1-2-3-4-5-6-7-8-9-10-11-12-13-14-15-16-17-18-28-19-22(26)24-23(27)21(25)20-29-24/h4-5,21-27H,2-3,6-20H2,1H3/b5-4+/t21-,22+,23-,24-/m1/s1. The van der Waals surface area contributed by atoms with Crippen molar-refractivity contribution in [3.63, 3.8) is 0 Å². The highest BCUT2D eigenvalue weighted by atomic mass is 16.5. The van der Waals surface area contributed by atoms with Crippen LogP contribution in [0.3, 0.4) is 0 Å². The van der Waals surface area contributed by atoms with Gasteiger partial charge in [-0.25, -0.2) is 0 Å². The maximum Gasteiger partial charge on any atom is 0.114 e. The van der Waals surface area contributed by atoms with Crippen LogP contribution in [0.5, 0.6) is 0 Å². The fraction of sp³-hybridized carbons (Fsp3) is 0.917. The zero-order valence-electron chi connectivity index (χ0n) is 18.6. The topological polar surface area (TPSA) is 79.2 Å². The van der Waals surface area contributed by atoms with Crippen LogP contribution in [-0.4, -0.2) is 59.6 Å². The van der Waals surface area contributed by atoms with Gasteiger partial charge in [0.15, 0.2) is 0 Å². The van der Waals surface area contributed by atoms with Crippen molar-refractivity contribution in [2.45, 2.75) is 121 Å². The maximum absolute atomic E-state index is 9.95. The smallest absolute Gasteiger partial charge is 0.114 e. The average Bonchev–Trinajstić information content (AvgIpc) is 3.05. The lowest BCUT2D eigenvalue weighted by atomic mass is 10.1. The zero-order chi connectivity index (χ0) is 21.2. The van der Waals surface area contributed by atoms with E-state index in [-0.39, 0.29) is 13.2 Å². The van der Waals surface area contributed by atoms with Crippen LogP contribution >= 0.6 is 0 Å². The molecule has 1 fully saturated rings. The second-order valence-electron chi connectivity index (χ2n) is 8.44. The van der Waals surface area contributed by atoms with Crippen molar-refractivity contribution in [1.82, 2.24) is 0 Å². The minimum atomic E-state index is -1.03. The lowest BCUT2D eigenvalue weighted by Crippen LogP contribution is -2.40. The molecule has 4 atom stereocenters. The highest BCUT2D eigenvalue weighted by Gasteiger charge is 2.39. The van der Waals surface area contributed by atoms with E-state index < -0.39 is 24.4 Å². The SMILES string of the molecule is CCC/C=C/CCCCCCCCCCCCCOC[C@H](O)[C@H]1OC[C@@H](O)[C@H]1O. The van der Waals surface area contributed by atoms with Crippen molar-refractivity contribution >= 4 is 0 Å². The van der Waals surface area contributed by atoms with Gasteiger partial charge in [-0.1, -0.05) is 83.3 Å². The molecule has 1 aliphatic rings. The molecule has 0 aromatic heterocycles. The molecule has 0 amide bonds. The average molecular weight is 415 g/mol. The first kappa shape index (κ1) is 26.6. The van der Waals surface area contributed by atoms with E-state index in [0.29, 0.717) is 6.61 Å². The summed E-state index contributed by atoms with van der Waals surface area (Å²) in [5.74, 6) is 0. The van der Waals surface area contributed by atoms with E-state index >= 15 is 0 Å². The molecule has 0 saturated carbocycles. The van der Waals surface area contributed by atoms with Gasteiger partial charge < -0.3 is 24.8 Å². The quantitative estimate of drug-likeness (QED) is 0.214. The molecule has 1 heterocycles. The molecular formula is C24H46O5. The van der Waals surface area contributed by atoms with Gasteiger partial charge in [0.25, 0.3) is 0 Å². The third-order valence-corrected chi connectivity index (χ3v) is 5.64. The van der Waals surface area contributed by atoms with Crippen LogP contribution in [0.25, 0.3) is 0 Å². The zero-order valence-corrected chi connectivity index (χ0v) is 18.6. The van der Waals surface area contributed by atoms with Crippen molar-refractivity contribution in [1.29, 1.82) is 0 Å². The largest absolute Gasteiger partial charge is 0.388 e. The Morgan fingerprint density at radius 3 is 1.97 bits per heavy atom. The number of aliphatic hydroxyl groups is 3. The van der Waals surface area contributed by atoms with Crippen LogP contribution in [0.1, 0.15) is 96.8 Å². The number of allylic oxidation sites excluding steroid dienone is 2. The maximum atomic E-state index is 9.95. The number of ether oxygens (including phenoxy) is 2. The van der Waals surface area contributed by atoms with E-state index in [0.717, 1.165) is 12.8 Å². The first-order valence-electron chi connectivity index (χ1n) is 12.0. The van der Waals surface area contributed by atoms with Crippen molar-refractivity contribution in [2.24, 2.45) is 0 Å². The second kappa shape index (κ2) is 18.3. The number of unbranched alkanes of at least 4 members (excludes halogenated alkanes) is 12. The molecule has 5 heteroatoms. The van der Waals surface area contributed by atoms with Crippen molar-refractivity contribution in [3.05, 3.63) is 12.2 Å². The number of hydrogen-bond donors (Lipinski definition) is 3. The molecule has 0 unspecified atom stereocenters. The Morgan fingerprint density at radius 2 is 1.41 bits per heavy atom. The van der Waals surface area contributed by atoms with E-state index in [2.05, 4.69) is 19.1 Å². The third kappa shape index (κ3) is 13.5. The Balaban J connectivity index is 1.76. The molecule has 0 aromatic rings. The first-order chi connectivity index (χ1) is 14.2. The lowest BCUT2D eigenvalue weighted by Gasteiger charge is -2.20. The molecule has 0 spiro atoms. The molecule has 172 valence electrons. The Labute approximate surface area is 178 Å². The van der Waals surface area contributed by atoms with E-state index in [1.54, 1.807) is 0 Å². The van der Waals surface area contributed by atoms with E-state index in [4.69, 9.17) is 9.47 Å². The van der Waals surface area contributed by atoms with Gasteiger partial charge >= 0.3 is 0 Å². The predicted octanol–water partition coefficient (Wildman–Crippen LogP) is 4.52. The Bertz CT molecular complexity index is 387. The second-order valence-corrected chi connectivity index (χ2v) is 8.44. The lowest BCUT2D eigenvalue weighted by molar-refractivity contribution is -0.0813. The molecular weight excluding hydrogens is 368 g/mol. The molecule has 1 saturated heterocycles. The summed E-state index contributed by atoms with van der Waals surface area (Å²) in [4.78, 5) is 0. The van der Waals surface area contributed by atoms with Crippen LogP contribution < -0.4 is 0 Å². The van der Waals surface area contributed by atoms with Gasteiger partial charge in [-0.05, 0) is 25.7 Å². The summed E-state index contributed by atoms with van der Waals surface area (Å²) in [5.41, 5.74) is 0. The van der Waals surface area contributed by atoms with Crippen molar-refractivity contribution in [2.75, 3.05) is 19.8 Å². The molecule has 5 nitrogen and oxygen atoms in total. The molecule has 1 aliphatic heterocycles. The van der Waals surface area contributed by atoms with Gasteiger partial charge in [-0.15, -0.1) is 0 Å².